The number of nitrogens with zero attached hydrogens (tertiary/aromatic N) is 2. The van der Waals surface area contributed by atoms with Gasteiger partial charge in [-0.05, 0) is 18.2 Å². The van der Waals surface area contributed by atoms with E-state index in [-0.39, 0.29) is 6.04 Å². The predicted molar refractivity (Wildman–Crippen MR) is 89.0 cm³/mol. The van der Waals surface area contributed by atoms with Crippen molar-refractivity contribution in [2.75, 3.05) is 7.11 Å². The van der Waals surface area contributed by atoms with Gasteiger partial charge in [-0.3, -0.25) is 4.98 Å². The molecule has 2 heterocycles. The lowest BCUT2D eigenvalue weighted by atomic mass is 10.0. The first-order valence-electron chi connectivity index (χ1n) is 7.01. The summed E-state index contributed by atoms with van der Waals surface area (Å²) in [5, 5.41) is 3.05. The van der Waals surface area contributed by atoms with Gasteiger partial charge in [-0.15, -0.1) is 11.3 Å². The fourth-order valence-corrected chi connectivity index (χ4v) is 3.19. The number of pyridine rings is 1. The minimum absolute atomic E-state index is 0.135. The summed E-state index contributed by atoms with van der Waals surface area (Å²) in [5.74, 6) is 0.819. The van der Waals surface area contributed by atoms with Crippen LogP contribution in [0.4, 0.5) is 0 Å². The van der Waals surface area contributed by atoms with Crippen molar-refractivity contribution in [1.82, 2.24) is 9.97 Å². The average Bonchev–Trinajstić information content (AvgIpc) is 3.04. The predicted octanol–water partition coefficient (Wildman–Crippen LogP) is 3.46. The molecule has 1 unspecified atom stereocenters. The highest BCUT2D eigenvalue weighted by Crippen LogP contribution is 2.28. The minimum Gasteiger partial charge on any atom is -0.496 e. The van der Waals surface area contributed by atoms with E-state index < -0.39 is 0 Å². The molecule has 0 aliphatic heterocycles. The van der Waals surface area contributed by atoms with E-state index in [0.29, 0.717) is 6.42 Å². The molecule has 1 atom stereocenters. The van der Waals surface area contributed by atoms with Gasteiger partial charge in [0.1, 0.15) is 5.75 Å². The molecule has 0 radical (unpaired) electrons. The molecular formula is C17H17N3OS. The van der Waals surface area contributed by atoms with Crippen LogP contribution in [0.15, 0.2) is 54.2 Å². The number of benzene rings is 1. The SMILES string of the molecule is COc1ccccc1C(N)Cc1nc(-c2cccnc2)cs1. The number of hydrogen-bond acceptors (Lipinski definition) is 5. The number of thiazole rings is 1. The van der Waals surface area contributed by atoms with Crippen molar-refractivity contribution in [1.29, 1.82) is 0 Å². The first-order valence-corrected chi connectivity index (χ1v) is 7.89. The van der Waals surface area contributed by atoms with Crippen LogP contribution in [-0.2, 0) is 6.42 Å². The number of aromatic nitrogens is 2. The number of ether oxygens (including phenoxy) is 1. The Morgan fingerprint density at radius 2 is 2.09 bits per heavy atom. The van der Waals surface area contributed by atoms with Gasteiger partial charge in [-0.2, -0.15) is 0 Å². The molecular weight excluding hydrogens is 294 g/mol. The third-order valence-electron chi connectivity index (χ3n) is 3.44. The van der Waals surface area contributed by atoms with Gasteiger partial charge in [0.25, 0.3) is 0 Å². The summed E-state index contributed by atoms with van der Waals surface area (Å²) in [6, 6.07) is 11.6. The average molecular weight is 311 g/mol. The number of hydrogen-bond donors (Lipinski definition) is 1. The molecule has 4 nitrogen and oxygen atoms in total. The number of para-hydroxylation sites is 1. The molecule has 0 saturated heterocycles. The normalized spacial score (nSPS) is 12.1. The van der Waals surface area contributed by atoms with E-state index in [1.807, 2.05) is 48.0 Å². The van der Waals surface area contributed by atoms with Gasteiger partial charge in [0, 0.05) is 41.4 Å². The van der Waals surface area contributed by atoms with Crippen molar-refractivity contribution in [3.63, 3.8) is 0 Å². The second-order valence-corrected chi connectivity index (χ2v) is 5.86. The van der Waals surface area contributed by atoms with Gasteiger partial charge in [0.15, 0.2) is 0 Å². The van der Waals surface area contributed by atoms with E-state index in [1.54, 1.807) is 24.6 Å². The van der Waals surface area contributed by atoms with E-state index in [2.05, 4.69) is 9.97 Å². The maximum atomic E-state index is 6.33. The van der Waals surface area contributed by atoms with Crippen LogP contribution in [0.3, 0.4) is 0 Å². The molecule has 2 aromatic heterocycles. The summed E-state index contributed by atoms with van der Waals surface area (Å²) in [6.45, 7) is 0. The Labute approximate surface area is 133 Å². The van der Waals surface area contributed by atoms with Gasteiger partial charge in [-0.25, -0.2) is 4.98 Å². The van der Waals surface area contributed by atoms with Crippen LogP contribution in [-0.4, -0.2) is 17.1 Å². The Kier molecular flexibility index (Phi) is 4.46. The first-order chi connectivity index (χ1) is 10.8. The van der Waals surface area contributed by atoms with Crippen molar-refractivity contribution in [3.05, 3.63) is 64.7 Å². The van der Waals surface area contributed by atoms with E-state index in [1.165, 1.54) is 0 Å². The monoisotopic (exact) mass is 311 g/mol. The van der Waals surface area contributed by atoms with Crippen LogP contribution >= 0.6 is 11.3 Å². The van der Waals surface area contributed by atoms with Crippen LogP contribution in [0.1, 0.15) is 16.6 Å². The molecule has 0 aliphatic rings. The van der Waals surface area contributed by atoms with Gasteiger partial charge in [0.05, 0.1) is 17.8 Å². The Morgan fingerprint density at radius 3 is 2.86 bits per heavy atom. The molecule has 0 amide bonds. The second-order valence-electron chi connectivity index (χ2n) is 4.92. The highest BCUT2D eigenvalue weighted by atomic mass is 32.1. The van der Waals surface area contributed by atoms with Crippen molar-refractivity contribution >= 4 is 11.3 Å². The number of rotatable bonds is 5. The topological polar surface area (TPSA) is 61.0 Å². The minimum atomic E-state index is -0.135. The molecule has 112 valence electrons. The van der Waals surface area contributed by atoms with Crippen molar-refractivity contribution in [3.8, 4) is 17.0 Å². The molecule has 2 N–H and O–H groups in total. The smallest absolute Gasteiger partial charge is 0.123 e. The fraction of sp³-hybridized carbons (Fsp3) is 0.176. The quantitative estimate of drug-likeness (QED) is 0.784. The summed E-state index contributed by atoms with van der Waals surface area (Å²) < 4.78 is 5.37. The standard InChI is InChI=1S/C17H17N3OS/c1-21-16-7-3-2-6-13(16)14(18)9-17-20-15(11-22-17)12-5-4-8-19-10-12/h2-8,10-11,14H,9,18H2,1H3. The first kappa shape index (κ1) is 14.7. The van der Waals surface area contributed by atoms with Crippen LogP contribution in [0.25, 0.3) is 11.3 Å². The van der Waals surface area contributed by atoms with Crippen molar-refractivity contribution in [2.24, 2.45) is 5.73 Å². The highest BCUT2D eigenvalue weighted by Gasteiger charge is 2.14. The van der Waals surface area contributed by atoms with Gasteiger partial charge >= 0.3 is 0 Å². The zero-order valence-corrected chi connectivity index (χ0v) is 13.1. The van der Waals surface area contributed by atoms with Crippen LogP contribution < -0.4 is 10.5 Å². The Bertz CT molecular complexity index is 742. The van der Waals surface area contributed by atoms with Gasteiger partial charge in [0.2, 0.25) is 0 Å². The van der Waals surface area contributed by atoms with E-state index in [4.69, 9.17) is 10.5 Å². The highest BCUT2D eigenvalue weighted by molar-refractivity contribution is 7.09. The number of methoxy groups -OCH3 is 1. The van der Waals surface area contributed by atoms with E-state index >= 15 is 0 Å². The lowest BCUT2D eigenvalue weighted by Crippen LogP contribution is -2.14. The number of nitrogens with two attached hydrogens (primary N) is 1. The molecule has 0 aliphatic carbocycles. The third-order valence-corrected chi connectivity index (χ3v) is 4.31. The van der Waals surface area contributed by atoms with Crippen molar-refractivity contribution < 1.29 is 4.74 Å². The summed E-state index contributed by atoms with van der Waals surface area (Å²) in [4.78, 5) is 8.78. The molecule has 0 bridgehead atoms. The van der Waals surface area contributed by atoms with Gasteiger partial charge < -0.3 is 10.5 Å². The van der Waals surface area contributed by atoms with Crippen LogP contribution in [0, 0.1) is 0 Å². The molecule has 3 aromatic rings. The molecule has 0 fully saturated rings. The maximum Gasteiger partial charge on any atom is 0.123 e. The molecule has 22 heavy (non-hydrogen) atoms. The largest absolute Gasteiger partial charge is 0.496 e. The van der Waals surface area contributed by atoms with Crippen LogP contribution in [0.2, 0.25) is 0 Å². The Balaban J connectivity index is 1.78. The van der Waals surface area contributed by atoms with E-state index in [0.717, 1.165) is 27.6 Å². The lowest BCUT2D eigenvalue weighted by molar-refractivity contribution is 0.405. The zero-order valence-electron chi connectivity index (χ0n) is 12.3. The third kappa shape index (κ3) is 3.16. The molecule has 5 heteroatoms. The Morgan fingerprint density at radius 1 is 1.23 bits per heavy atom. The lowest BCUT2D eigenvalue weighted by Gasteiger charge is -2.14. The van der Waals surface area contributed by atoms with E-state index in [9.17, 15) is 0 Å². The zero-order chi connectivity index (χ0) is 15.4. The maximum absolute atomic E-state index is 6.33. The molecule has 1 aromatic carbocycles. The summed E-state index contributed by atoms with van der Waals surface area (Å²) in [6.07, 6.45) is 4.26. The second kappa shape index (κ2) is 6.68. The molecule has 3 rings (SSSR count). The van der Waals surface area contributed by atoms with Crippen LogP contribution in [0.5, 0.6) is 5.75 Å². The van der Waals surface area contributed by atoms with Gasteiger partial charge in [-0.1, -0.05) is 18.2 Å². The van der Waals surface area contributed by atoms with Crippen molar-refractivity contribution in [2.45, 2.75) is 12.5 Å². The Hall–Kier alpha value is -2.24. The fourth-order valence-electron chi connectivity index (χ4n) is 2.32. The molecule has 0 saturated carbocycles. The summed E-state index contributed by atoms with van der Waals surface area (Å²) >= 11 is 1.62. The summed E-state index contributed by atoms with van der Waals surface area (Å²) in [7, 11) is 1.66. The summed E-state index contributed by atoms with van der Waals surface area (Å²) in [5.41, 5.74) is 9.30. The molecule has 0 spiro atoms.